The van der Waals surface area contributed by atoms with E-state index in [2.05, 4.69) is 13.0 Å². The highest BCUT2D eigenvalue weighted by atomic mass is 16.5. The number of aliphatic hydroxyl groups excluding tert-OH is 2. The van der Waals surface area contributed by atoms with Crippen molar-refractivity contribution in [2.24, 2.45) is 5.92 Å². The van der Waals surface area contributed by atoms with E-state index in [0.717, 1.165) is 57.8 Å². The number of carboxylic acid groups (broad SMARTS) is 2. The average molecular weight is 459 g/mol. The fraction of sp³-hybridized carbons (Fsp3) is 0.792. The number of ether oxygens (including phenoxy) is 1. The van der Waals surface area contributed by atoms with Gasteiger partial charge < -0.3 is 25.2 Å². The summed E-state index contributed by atoms with van der Waals surface area (Å²) >= 11 is 0. The lowest BCUT2D eigenvalue weighted by molar-refractivity contribution is -0.168. The van der Waals surface area contributed by atoms with Crippen LogP contribution in [0.1, 0.15) is 96.8 Å². The average Bonchev–Trinajstić information content (AvgIpc) is 2.73. The molecule has 0 aliphatic heterocycles. The topological polar surface area (TPSA) is 141 Å². The monoisotopic (exact) mass is 458 g/mol. The molecule has 8 heteroatoms. The van der Waals surface area contributed by atoms with Crippen LogP contribution in [0.3, 0.4) is 0 Å². The lowest BCUT2D eigenvalue weighted by Crippen LogP contribution is -2.43. The van der Waals surface area contributed by atoms with Crippen molar-refractivity contribution in [1.29, 1.82) is 0 Å². The van der Waals surface area contributed by atoms with Crippen molar-refractivity contribution in [3.05, 3.63) is 12.2 Å². The number of hydrogen-bond donors (Lipinski definition) is 4. The van der Waals surface area contributed by atoms with Gasteiger partial charge in [-0.1, -0.05) is 64.0 Å². The molecule has 0 aromatic heterocycles. The van der Waals surface area contributed by atoms with Gasteiger partial charge in [-0.2, -0.15) is 0 Å². The summed E-state index contributed by atoms with van der Waals surface area (Å²) in [6.07, 6.45) is 11.8. The zero-order valence-corrected chi connectivity index (χ0v) is 19.4. The molecule has 4 N–H and O–H groups in total. The van der Waals surface area contributed by atoms with Crippen molar-refractivity contribution < 1.29 is 39.5 Å². The van der Waals surface area contributed by atoms with Crippen LogP contribution in [-0.4, -0.2) is 57.1 Å². The van der Waals surface area contributed by atoms with E-state index < -0.39 is 36.0 Å². The standard InChI is InChI=1S/C24H42O8/c1-2-3-4-5-7-10-13-16-19(25)22(28)21(23(29)30)24(31)32-18-15-12-9-6-8-11-14-17-20(26)27/h5,7,19,21-22,25,28H,2-4,6,8-18H2,1H3,(H,26,27)(H,29,30)/b7-5+. The van der Waals surface area contributed by atoms with E-state index >= 15 is 0 Å². The Hall–Kier alpha value is -1.93. The molecule has 0 saturated heterocycles. The molecule has 0 aliphatic rings. The molecule has 0 heterocycles. The Bertz CT molecular complexity index is 546. The molecule has 0 saturated carbocycles. The number of carbonyl (C=O) groups is 3. The molecular weight excluding hydrogens is 416 g/mol. The van der Waals surface area contributed by atoms with Crippen molar-refractivity contribution in [1.82, 2.24) is 0 Å². The van der Waals surface area contributed by atoms with Gasteiger partial charge in [0.05, 0.1) is 12.7 Å². The number of carbonyl (C=O) groups excluding carboxylic acids is 1. The summed E-state index contributed by atoms with van der Waals surface area (Å²) in [5.74, 6) is -5.13. The van der Waals surface area contributed by atoms with Crippen LogP contribution in [-0.2, 0) is 19.1 Å². The van der Waals surface area contributed by atoms with Gasteiger partial charge >= 0.3 is 17.9 Å². The van der Waals surface area contributed by atoms with Crippen LogP contribution in [0.4, 0.5) is 0 Å². The van der Waals surface area contributed by atoms with Crippen LogP contribution in [0.2, 0.25) is 0 Å². The molecule has 0 rings (SSSR count). The first-order valence-electron chi connectivity index (χ1n) is 11.9. The van der Waals surface area contributed by atoms with Gasteiger partial charge in [0.15, 0.2) is 5.92 Å². The Morgan fingerprint density at radius 3 is 1.94 bits per heavy atom. The summed E-state index contributed by atoms with van der Waals surface area (Å²) in [7, 11) is 0. The van der Waals surface area contributed by atoms with Gasteiger partial charge in [-0.3, -0.25) is 14.4 Å². The molecular formula is C24H42O8. The van der Waals surface area contributed by atoms with E-state index in [4.69, 9.17) is 9.84 Å². The van der Waals surface area contributed by atoms with Crippen molar-refractivity contribution >= 4 is 17.9 Å². The number of carboxylic acids is 2. The van der Waals surface area contributed by atoms with E-state index in [1.807, 2.05) is 6.08 Å². The smallest absolute Gasteiger partial charge is 0.323 e. The van der Waals surface area contributed by atoms with Gasteiger partial charge in [0.1, 0.15) is 6.10 Å². The summed E-state index contributed by atoms with van der Waals surface area (Å²) in [5.41, 5.74) is 0. The largest absolute Gasteiger partial charge is 0.481 e. The highest BCUT2D eigenvalue weighted by molar-refractivity contribution is 5.94. The molecule has 0 spiro atoms. The van der Waals surface area contributed by atoms with Gasteiger partial charge in [0.2, 0.25) is 0 Å². The highest BCUT2D eigenvalue weighted by Crippen LogP contribution is 2.16. The summed E-state index contributed by atoms with van der Waals surface area (Å²) in [6.45, 7) is 2.18. The predicted octanol–water partition coefficient (Wildman–Crippen LogP) is 4.07. The highest BCUT2D eigenvalue weighted by Gasteiger charge is 2.39. The van der Waals surface area contributed by atoms with Crippen LogP contribution < -0.4 is 0 Å². The molecule has 0 radical (unpaired) electrons. The molecule has 0 aromatic rings. The van der Waals surface area contributed by atoms with Crippen LogP contribution in [0.15, 0.2) is 12.2 Å². The summed E-state index contributed by atoms with van der Waals surface area (Å²) in [6, 6.07) is 0. The van der Waals surface area contributed by atoms with E-state index in [9.17, 15) is 29.7 Å². The normalized spacial score (nSPS) is 14.2. The van der Waals surface area contributed by atoms with Crippen LogP contribution >= 0.6 is 0 Å². The number of aliphatic carboxylic acids is 2. The molecule has 0 bridgehead atoms. The third-order valence-electron chi connectivity index (χ3n) is 5.30. The number of esters is 1. The molecule has 32 heavy (non-hydrogen) atoms. The number of unbranched alkanes of at least 4 members (excludes halogenated alkanes) is 9. The van der Waals surface area contributed by atoms with Crippen LogP contribution in [0.5, 0.6) is 0 Å². The molecule has 0 fully saturated rings. The predicted molar refractivity (Wildman–Crippen MR) is 121 cm³/mol. The molecule has 0 aliphatic carbocycles. The zero-order valence-electron chi connectivity index (χ0n) is 19.4. The Morgan fingerprint density at radius 1 is 0.812 bits per heavy atom. The van der Waals surface area contributed by atoms with E-state index in [1.54, 1.807) is 0 Å². The maximum atomic E-state index is 12.1. The summed E-state index contributed by atoms with van der Waals surface area (Å²) in [4.78, 5) is 34.0. The minimum Gasteiger partial charge on any atom is -0.481 e. The van der Waals surface area contributed by atoms with Crippen molar-refractivity contribution in [2.75, 3.05) is 6.61 Å². The second-order valence-corrected chi connectivity index (χ2v) is 8.20. The summed E-state index contributed by atoms with van der Waals surface area (Å²) < 4.78 is 5.02. The maximum Gasteiger partial charge on any atom is 0.323 e. The first-order chi connectivity index (χ1) is 15.3. The Morgan fingerprint density at radius 2 is 1.38 bits per heavy atom. The lowest BCUT2D eigenvalue weighted by Gasteiger charge is -2.22. The Labute approximate surface area is 191 Å². The third kappa shape index (κ3) is 15.8. The van der Waals surface area contributed by atoms with Crippen LogP contribution in [0.25, 0.3) is 0 Å². The van der Waals surface area contributed by atoms with Crippen molar-refractivity contribution in [2.45, 2.75) is 109 Å². The molecule has 3 unspecified atom stereocenters. The SMILES string of the molecule is CCCC/C=C/CCCC(O)C(O)C(C(=O)O)C(=O)OCCCCCCCCCC(=O)O. The van der Waals surface area contributed by atoms with Gasteiger partial charge in [0.25, 0.3) is 0 Å². The number of rotatable bonds is 21. The number of hydrogen-bond acceptors (Lipinski definition) is 6. The third-order valence-corrected chi connectivity index (χ3v) is 5.30. The fourth-order valence-corrected chi connectivity index (χ4v) is 3.31. The van der Waals surface area contributed by atoms with Gasteiger partial charge in [-0.25, -0.2) is 0 Å². The zero-order chi connectivity index (χ0) is 24.2. The summed E-state index contributed by atoms with van der Waals surface area (Å²) in [5, 5.41) is 38.2. The van der Waals surface area contributed by atoms with Gasteiger partial charge in [-0.05, 0) is 38.5 Å². The van der Waals surface area contributed by atoms with E-state index in [1.165, 1.54) is 0 Å². The number of allylic oxidation sites excluding steroid dienone is 2. The molecule has 3 atom stereocenters. The van der Waals surface area contributed by atoms with Crippen molar-refractivity contribution in [3.8, 4) is 0 Å². The quantitative estimate of drug-likeness (QED) is 0.0872. The molecule has 8 nitrogen and oxygen atoms in total. The Balaban J connectivity index is 4.09. The first-order valence-corrected chi connectivity index (χ1v) is 11.9. The molecule has 0 amide bonds. The second kappa shape index (κ2) is 19.7. The molecule has 0 aromatic carbocycles. The molecule has 186 valence electrons. The van der Waals surface area contributed by atoms with E-state index in [0.29, 0.717) is 19.3 Å². The lowest BCUT2D eigenvalue weighted by atomic mass is 9.94. The Kier molecular flexibility index (Phi) is 18.5. The van der Waals surface area contributed by atoms with Gasteiger partial charge in [0, 0.05) is 6.42 Å². The maximum absolute atomic E-state index is 12.1. The van der Waals surface area contributed by atoms with Gasteiger partial charge in [-0.15, -0.1) is 0 Å². The second-order valence-electron chi connectivity index (χ2n) is 8.20. The van der Waals surface area contributed by atoms with E-state index in [-0.39, 0.29) is 19.4 Å². The minimum absolute atomic E-state index is 0.0625. The fourth-order valence-electron chi connectivity index (χ4n) is 3.31. The number of aliphatic hydroxyl groups is 2. The first kappa shape index (κ1) is 30.1. The minimum atomic E-state index is -1.81. The van der Waals surface area contributed by atoms with Crippen molar-refractivity contribution in [3.63, 3.8) is 0 Å². The van der Waals surface area contributed by atoms with Crippen LogP contribution in [0, 0.1) is 5.92 Å².